The zero-order valence-electron chi connectivity index (χ0n) is 19.3. The van der Waals surface area contributed by atoms with Crippen molar-refractivity contribution < 1.29 is 27.5 Å². The number of carbonyl (C=O) groups is 3. The van der Waals surface area contributed by atoms with Crippen LogP contribution in [-0.2, 0) is 14.8 Å². The van der Waals surface area contributed by atoms with Gasteiger partial charge in [-0.05, 0) is 48.9 Å². The van der Waals surface area contributed by atoms with Crippen molar-refractivity contribution in [3.05, 3.63) is 89.0 Å². The van der Waals surface area contributed by atoms with Crippen molar-refractivity contribution in [2.75, 3.05) is 26.0 Å². The summed E-state index contributed by atoms with van der Waals surface area (Å²) in [7, 11) is -0.962. The van der Waals surface area contributed by atoms with Gasteiger partial charge in [-0.15, -0.1) is 0 Å². The number of hydrogen-bond donors (Lipinski definition) is 1. The first-order valence-corrected chi connectivity index (χ1v) is 12.4. The standard InChI is InChI=1S/C26H24N2O6S/c1-28(15-5-8-24(29)27-17-9-11-18(34-2)12-10-17)35(32,33)19-13-14-22-23(16-19)26(31)21-7-4-3-6-20(21)25(22)30/h3-4,6-7,9-14,16H,5,8,15H2,1-2H3,(H,27,29). The van der Waals surface area contributed by atoms with Crippen LogP contribution in [0, 0.1) is 0 Å². The van der Waals surface area contributed by atoms with Gasteiger partial charge in [-0.2, -0.15) is 0 Å². The number of hydrogen-bond acceptors (Lipinski definition) is 6. The number of nitrogens with zero attached hydrogens (tertiary/aromatic N) is 1. The van der Waals surface area contributed by atoms with Crippen molar-refractivity contribution in [3.63, 3.8) is 0 Å². The van der Waals surface area contributed by atoms with Crippen LogP contribution in [0.5, 0.6) is 5.75 Å². The molecule has 0 saturated carbocycles. The molecule has 180 valence electrons. The van der Waals surface area contributed by atoms with Crippen LogP contribution in [0.1, 0.15) is 44.7 Å². The van der Waals surface area contributed by atoms with Crippen LogP contribution < -0.4 is 10.1 Å². The molecule has 1 amide bonds. The Kier molecular flexibility index (Phi) is 6.81. The number of sulfonamides is 1. The Morgan fingerprint density at radius 1 is 0.886 bits per heavy atom. The third-order valence-electron chi connectivity index (χ3n) is 5.86. The van der Waals surface area contributed by atoms with Gasteiger partial charge in [-0.1, -0.05) is 24.3 Å². The predicted molar refractivity (Wildman–Crippen MR) is 130 cm³/mol. The van der Waals surface area contributed by atoms with E-state index in [1.165, 1.54) is 25.2 Å². The van der Waals surface area contributed by atoms with E-state index in [1.54, 1.807) is 55.6 Å². The minimum absolute atomic E-state index is 0.0713. The lowest BCUT2D eigenvalue weighted by Crippen LogP contribution is -2.29. The van der Waals surface area contributed by atoms with Crippen LogP contribution in [0.2, 0.25) is 0 Å². The van der Waals surface area contributed by atoms with E-state index in [2.05, 4.69) is 5.32 Å². The molecule has 0 bridgehead atoms. The summed E-state index contributed by atoms with van der Waals surface area (Å²) in [5.74, 6) is -0.259. The van der Waals surface area contributed by atoms with E-state index in [0.29, 0.717) is 23.4 Å². The minimum atomic E-state index is -3.93. The highest BCUT2D eigenvalue weighted by molar-refractivity contribution is 7.89. The van der Waals surface area contributed by atoms with Crippen molar-refractivity contribution >= 4 is 33.2 Å². The van der Waals surface area contributed by atoms with Crippen LogP contribution in [0.4, 0.5) is 5.69 Å². The second-order valence-electron chi connectivity index (χ2n) is 8.12. The van der Waals surface area contributed by atoms with Crippen molar-refractivity contribution in [1.82, 2.24) is 4.31 Å². The second-order valence-corrected chi connectivity index (χ2v) is 10.2. The number of methoxy groups -OCH3 is 1. The van der Waals surface area contributed by atoms with Gasteiger partial charge in [0.1, 0.15) is 5.75 Å². The molecular weight excluding hydrogens is 468 g/mol. The molecule has 0 heterocycles. The van der Waals surface area contributed by atoms with Gasteiger partial charge in [0, 0.05) is 48.0 Å². The van der Waals surface area contributed by atoms with Crippen molar-refractivity contribution in [3.8, 4) is 5.75 Å². The fraction of sp³-hybridized carbons (Fsp3) is 0.192. The zero-order chi connectivity index (χ0) is 25.2. The molecule has 1 aliphatic carbocycles. The molecule has 1 N–H and O–H groups in total. The molecule has 0 aromatic heterocycles. The average molecular weight is 493 g/mol. The van der Waals surface area contributed by atoms with Gasteiger partial charge in [-0.25, -0.2) is 12.7 Å². The number of rotatable bonds is 8. The molecule has 0 fully saturated rings. The number of benzene rings is 3. The quantitative estimate of drug-likeness (QED) is 0.403. The maximum absolute atomic E-state index is 13.1. The molecule has 3 aromatic rings. The van der Waals surface area contributed by atoms with Crippen LogP contribution in [-0.4, -0.2) is 50.9 Å². The van der Waals surface area contributed by atoms with Crippen molar-refractivity contribution in [1.29, 1.82) is 0 Å². The fourth-order valence-electron chi connectivity index (χ4n) is 3.90. The Hall–Kier alpha value is -3.82. The van der Waals surface area contributed by atoms with Gasteiger partial charge < -0.3 is 10.1 Å². The van der Waals surface area contributed by atoms with E-state index in [4.69, 9.17) is 4.74 Å². The van der Waals surface area contributed by atoms with E-state index >= 15 is 0 Å². The third kappa shape index (κ3) is 4.87. The maximum atomic E-state index is 13.1. The predicted octanol–water partition coefficient (Wildman–Crippen LogP) is 3.51. The molecule has 4 rings (SSSR count). The molecule has 1 aliphatic rings. The van der Waals surface area contributed by atoms with Crippen LogP contribution >= 0.6 is 0 Å². The van der Waals surface area contributed by atoms with Crippen molar-refractivity contribution in [2.24, 2.45) is 0 Å². The summed E-state index contributed by atoms with van der Waals surface area (Å²) in [6, 6.07) is 17.3. The highest BCUT2D eigenvalue weighted by atomic mass is 32.2. The first kappa shape index (κ1) is 24.3. The lowest BCUT2D eigenvalue weighted by atomic mass is 9.84. The molecule has 0 unspecified atom stereocenters. The number of anilines is 1. The molecule has 3 aromatic carbocycles. The van der Waals surface area contributed by atoms with Gasteiger partial charge in [0.15, 0.2) is 11.6 Å². The largest absolute Gasteiger partial charge is 0.497 e. The van der Waals surface area contributed by atoms with Crippen LogP contribution in [0.15, 0.2) is 71.6 Å². The van der Waals surface area contributed by atoms with Gasteiger partial charge in [0.2, 0.25) is 15.9 Å². The number of fused-ring (bicyclic) bond motifs is 2. The fourth-order valence-corrected chi connectivity index (χ4v) is 5.14. The molecule has 0 radical (unpaired) electrons. The minimum Gasteiger partial charge on any atom is -0.497 e. The Morgan fingerprint density at radius 2 is 1.49 bits per heavy atom. The Bertz CT molecular complexity index is 1410. The van der Waals surface area contributed by atoms with E-state index in [9.17, 15) is 22.8 Å². The summed E-state index contributed by atoms with van der Waals surface area (Å²) < 4.78 is 32.4. The average Bonchev–Trinajstić information content (AvgIpc) is 2.87. The first-order chi connectivity index (χ1) is 16.7. The lowest BCUT2D eigenvalue weighted by Gasteiger charge is -2.20. The number of nitrogens with one attached hydrogen (secondary N) is 1. The van der Waals surface area contributed by atoms with E-state index < -0.39 is 10.0 Å². The maximum Gasteiger partial charge on any atom is 0.242 e. The van der Waals surface area contributed by atoms with Crippen molar-refractivity contribution in [2.45, 2.75) is 17.7 Å². The summed E-state index contributed by atoms with van der Waals surface area (Å²) >= 11 is 0. The summed E-state index contributed by atoms with van der Waals surface area (Å²) in [6.45, 7) is 0.102. The second kappa shape index (κ2) is 9.81. The Labute approximate surface area is 203 Å². The van der Waals surface area contributed by atoms with E-state index in [0.717, 1.165) is 4.31 Å². The number of ketones is 2. The van der Waals surface area contributed by atoms with Crippen LogP contribution in [0.3, 0.4) is 0 Å². The molecule has 0 spiro atoms. The SMILES string of the molecule is COc1ccc(NC(=O)CCCN(C)S(=O)(=O)c2ccc3c(c2)C(=O)c2ccccc2C3=O)cc1. The highest BCUT2D eigenvalue weighted by Gasteiger charge is 2.31. The smallest absolute Gasteiger partial charge is 0.242 e. The molecular formula is C26H24N2O6S. The van der Waals surface area contributed by atoms with E-state index in [-0.39, 0.29) is 52.0 Å². The molecule has 0 saturated heterocycles. The summed E-state index contributed by atoms with van der Waals surface area (Å²) in [4.78, 5) is 37.8. The Balaban J connectivity index is 1.41. The first-order valence-electron chi connectivity index (χ1n) is 10.9. The molecule has 8 nitrogen and oxygen atoms in total. The topological polar surface area (TPSA) is 110 Å². The summed E-state index contributed by atoms with van der Waals surface area (Å²) in [6.07, 6.45) is 0.424. The van der Waals surface area contributed by atoms with Gasteiger partial charge >= 0.3 is 0 Å². The molecule has 0 atom stereocenters. The number of carbonyl (C=O) groups excluding carboxylic acids is 3. The number of amides is 1. The molecule has 9 heteroatoms. The zero-order valence-corrected chi connectivity index (χ0v) is 20.1. The molecule has 35 heavy (non-hydrogen) atoms. The van der Waals surface area contributed by atoms with Gasteiger partial charge in [-0.3, -0.25) is 14.4 Å². The summed E-state index contributed by atoms with van der Waals surface area (Å²) in [5.41, 5.74) is 1.44. The molecule has 0 aliphatic heterocycles. The number of ether oxygens (including phenoxy) is 1. The Morgan fingerprint density at radius 3 is 2.11 bits per heavy atom. The summed E-state index contributed by atoms with van der Waals surface area (Å²) in [5, 5.41) is 2.76. The normalized spacial score (nSPS) is 12.8. The van der Waals surface area contributed by atoms with Gasteiger partial charge in [0.05, 0.1) is 12.0 Å². The van der Waals surface area contributed by atoms with Gasteiger partial charge in [0.25, 0.3) is 0 Å². The van der Waals surface area contributed by atoms with E-state index in [1.807, 2.05) is 0 Å². The third-order valence-corrected chi connectivity index (χ3v) is 7.71. The lowest BCUT2D eigenvalue weighted by molar-refractivity contribution is -0.116. The monoisotopic (exact) mass is 492 g/mol. The highest BCUT2D eigenvalue weighted by Crippen LogP contribution is 2.29. The van der Waals surface area contributed by atoms with Crippen LogP contribution in [0.25, 0.3) is 0 Å².